The maximum Gasteiger partial charge on any atom is 0.131 e. The zero-order chi connectivity index (χ0) is 8.39. The molecule has 2 rings (SSSR count). The van der Waals surface area contributed by atoms with Crippen LogP contribution in [-0.4, -0.2) is 6.26 Å². The molecular weight excluding hydrogens is 168 g/mol. The summed E-state index contributed by atoms with van der Waals surface area (Å²) >= 11 is 1.82. The number of fused-ring (bicyclic) bond motifs is 1. The van der Waals surface area contributed by atoms with E-state index < -0.39 is 0 Å². The van der Waals surface area contributed by atoms with Gasteiger partial charge in [-0.3, -0.25) is 0 Å². The second-order valence-electron chi connectivity index (χ2n) is 2.64. The summed E-state index contributed by atoms with van der Waals surface area (Å²) < 4.78 is 5.36. The summed E-state index contributed by atoms with van der Waals surface area (Å²) in [6.45, 7) is 0. The first kappa shape index (κ1) is 7.74. The monoisotopic (exact) mass is 178 g/mol. The molecule has 1 aliphatic heterocycles. The van der Waals surface area contributed by atoms with Crippen LogP contribution in [0.2, 0.25) is 0 Å². The fourth-order valence-electron chi connectivity index (χ4n) is 1.32. The Morgan fingerprint density at radius 2 is 2.17 bits per heavy atom. The number of hydrogen-bond acceptors (Lipinski definition) is 2. The Balaban J connectivity index is 2.43. The fourth-order valence-corrected chi connectivity index (χ4v) is 1.99. The quantitative estimate of drug-likeness (QED) is 0.653. The van der Waals surface area contributed by atoms with Crippen molar-refractivity contribution < 1.29 is 4.74 Å². The van der Waals surface area contributed by atoms with Crippen LogP contribution in [-0.2, 0) is 0 Å². The molecule has 0 fully saturated rings. The maximum absolute atomic E-state index is 5.36. The minimum absolute atomic E-state index is 0.454. The highest BCUT2D eigenvalue weighted by molar-refractivity contribution is 7.99. The third-order valence-corrected chi connectivity index (χ3v) is 2.85. The third-order valence-electron chi connectivity index (χ3n) is 1.93. The Hall–Kier alpha value is -0.890. The highest BCUT2D eigenvalue weighted by Gasteiger charge is 2.14. The lowest BCUT2D eigenvalue weighted by molar-refractivity contribution is 0.464. The molecule has 0 saturated carbocycles. The molecule has 0 spiro atoms. The van der Waals surface area contributed by atoms with Gasteiger partial charge in [-0.25, -0.2) is 0 Å². The average molecular weight is 178 g/mol. The number of para-hydroxylation sites is 1. The average Bonchev–Trinajstić information content (AvgIpc) is 2.17. The van der Waals surface area contributed by atoms with E-state index in [1.54, 1.807) is 6.26 Å². The smallest absolute Gasteiger partial charge is 0.131 e. The first-order chi connectivity index (χ1) is 5.92. The third kappa shape index (κ3) is 1.23. The van der Waals surface area contributed by atoms with Gasteiger partial charge in [-0.15, -0.1) is 0 Å². The minimum Gasteiger partial charge on any atom is -0.465 e. The topological polar surface area (TPSA) is 9.23 Å². The van der Waals surface area contributed by atoms with Crippen LogP contribution in [0.25, 0.3) is 0 Å². The Kier molecular flexibility index (Phi) is 2.09. The number of ether oxygens (including phenoxy) is 1. The summed E-state index contributed by atoms with van der Waals surface area (Å²) in [5.41, 5.74) is 1.27. The predicted octanol–water partition coefficient (Wildman–Crippen LogP) is 3.00. The molecule has 62 valence electrons. The van der Waals surface area contributed by atoms with E-state index in [1.807, 2.05) is 30.0 Å². The van der Waals surface area contributed by atoms with E-state index in [0.29, 0.717) is 5.25 Å². The lowest BCUT2D eigenvalue weighted by atomic mass is 10.1. The van der Waals surface area contributed by atoms with E-state index in [-0.39, 0.29) is 0 Å². The molecule has 0 bridgehead atoms. The van der Waals surface area contributed by atoms with Crippen LogP contribution in [0.3, 0.4) is 0 Å². The Morgan fingerprint density at radius 3 is 3.00 bits per heavy atom. The molecule has 0 N–H and O–H groups in total. The van der Waals surface area contributed by atoms with Gasteiger partial charge in [0.2, 0.25) is 0 Å². The van der Waals surface area contributed by atoms with Crippen molar-refractivity contribution in [2.45, 2.75) is 5.25 Å². The first-order valence-corrected chi connectivity index (χ1v) is 5.15. The molecule has 1 aromatic rings. The lowest BCUT2D eigenvalue weighted by Gasteiger charge is -2.18. The Bertz CT molecular complexity index is 306. The summed E-state index contributed by atoms with van der Waals surface area (Å²) in [7, 11) is 0. The van der Waals surface area contributed by atoms with Gasteiger partial charge in [-0.2, -0.15) is 11.8 Å². The largest absolute Gasteiger partial charge is 0.465 e. The van der Waals surface area contributed by atoms with Crippen molar-refractivity contribution in [1.82, 2.24) is 0 Å². The number of benzene rings is 1. The maximum atomic E-state index is 5.36. The molecule has 1 heterocycles. The molecule has 1 atom stereocenters. The van der Waals surface area contributed by atoms with Crippen molar-refractivity contribution in [3.05, 3.63) is 42.2 Å². The normalized spacial score (nSPS) is 19.9. The lowest BCUT2D eigenvalue weighted by Crippen LogP contribution is -1.99. The van der Waals surface area contributed by atoms with Crippen molar-refractivity contribution in [3.8, 4) is 5.75 Å². The predicted molar refractivity (Wildman–Crippen MR) is 52.5 cm³/mol. The van der Waals surface area contributed by atoms with Crippen molar-refractivity contribution in [2.24, 2.45) is 0 Å². The zero-order valence-corrected chi connectivity index (χ0v) is 7.67. The molecule has 0 aromatic heterocycles. The van der Waals surface area contributed by atoms with Crippen molar-refractivity contribution in [1.29, 1.82) is 0 Å². The van der Waals surface area contributed by atoms with E-state index in [9.17, 15) is 0 Å². The van der Waals surface area contributed by atoms with Gasteiger partial charge in [0.15, 0.2) is 0 Å². The summed E-state index contributed by atoms with van der Waals surface area (Å²) in [6.07, 6.45) is 5.95. The van der Waals surface area contributed by atoms with E-state index in [2.05, 4.69) is 18.4 Å². The summed E-state index contributed by atoms with van der Waals surface area (Å²) in [5, 5.41) is 0.454. The van der Waals surface area contributed by atoms with Crippen molar-refractivity contribution >= 4 is 11.8 Å². The van der Waals surface area contributed by atoms with Crippen molar-refractivity contribution in [3.63, 3.8) is 0 Å². The van der Waals surface area contributed by atoms with E-state index >= 15 is 0 Å². The van der Waals surface area contributed by atoms with Crippen LogP contribution < -0.4 is 4.74 Å². The second kappa shape index (κ2) is 3.23. The van der Waals surface area contributed by atoms with E-state index in [0.717, 1.165) is 5.75 Å². The Labute approximate surface area is 76.4 Å². The molecular formula is C10H10OS. The molecule has 0 amide bonds. The second-order valence-corrected chi connectivity index (χ2v) is 3.62. The fraction of sp³-hybridized carbons (Fsp3) is 0.200. The van der Waals surface area contributed by atoms with Gasteiger partial charge < -0.3 is 4.74 Å². The van der Waals surface area contributed by atoms with Crippen LogP contribution in [0.4, 0.5) is 0 Å². The zero-order valence-electron chi connectivity index (χ0n) is 6.86. The molecule has 0 saturated heterocycles. The molecule has 0 radical (unpaired) electrons. The summed E-state index contributed by atoms with van der Waals surface area (Å²) in [5.74, 6) is 0.986. The van der Waals surface area contributed by atoms with Crippen LogP contribution in [0.1, 0.15) is 10.8 Å². The number of thioether (sulfide) groups is 1. The first-order valence-electron chi connectivity index (χ1n) is 3.87. The molecule has 1 aromatic carbocycles. The van der Waals surface area contributed by atoms with Gasteiger partial charge in [0.25, 0.3) is 0 Å². The van der Waals surface area contributed by atoms with Gasteiger partial charge in [0.05, 0.1) is 11.5 Å². The van der Waals surface area contributed by atoms with Crippen LogP contribution in [0.5, 0.6) is 5.75 Å². The molecule has 12 heavy (non-hydrogen) atoms. The molecule has 1 aliphatic rings. The molecule has 2 heteroatoms. The van der Waals surface area contributed by atoms with Gasteiger partial charge >= 0.3 is 0 Å². The van der Waals surface area contributed by atoms with E-state index in [4.69, 9.17) is 4.74 Å². The Morgan fingerprint density at radius 1 is 1.33 bits per heavy atom. The van der Waals surface area contributed by atoms with E-state index in [1.165, 1.54) is 5.56 Å². The molecule has 0 aliphatic carbocycles. The highest BCUT2D eigenvalue weighted by atomic mass is 32.2. The standard InChI is InChI=1S/C10H10OS/c1-12-10-6-7-11-9-5-3-2-4-8(9)10/h2-7,10H,1H3. The SMILES string of the molecule is CSC1C=COc2ccccc21. The van der Waals surface area contributed by atoms with Gasteiger partial charge in [0.1, 0.15) is 5.75 Å². The van der Waals surface area contributed by atoms with Crippen molar-refractivity contribution in [2.75, 3.05) is 6.26 Å². The van der Waals surface area contributed by atoms with Gasteiger partial charge in [-0.1, -0.05) is 18.2 Å². The number of rotatable bonds is 1. The van der Waals surface area contributed by atoms with Crippen LogP contribution >= 0.6 is 11.8 Å². The summed E-state index contributed by atoms with van der Waals surface area (Å²) in [6, 6.07) is 8.15. The van der Waals surface area contributed by atoms with Gasteiger partial charge in [-0.05, 0) is 18.4 Å². The number of hydrogen-bond donors (Lipinski definition) is 0. The molecule has 1 unspecified atom stereocenters. The highest BCUT2D eigenvalue weighted by Crippen LogP contribution is 2.37. The minimum atomic E-state index is 0.454. The molecule has 1 nitrogen and oxygen atoms in total. The van der Waals surface area contributed by atoms with Crippen LogP contribution in [0.15, 0.2) is 36.6 Å². The van der Waals surface area contributed by atoms with Gasteiger partial charge in [0, 0.05) is 5.56 Å². The summed E-state index contributed by atoms with van der Waals surface area (Å²) in [4.78, 5) is 0. The van der Waals surface area contributed by atoms with Crippen LogP contribution in [0, 0.1) is 0 Å².